The van der Waals surface area contributed by atoms with Crippen LogP contribution in [0.5, 0.6) is 0 Å². The fourth-order valence-corrected chi connectivity index (χ4v) is 2.93. The first-order valence-electron chi connectivity index (χ1n) is 9.77. The van der Waals surface area contributed by atoms with Crippen molar-refractivity contribution in [1.29, 1.82) is 0 Å². The molecule has 3 N–H and O–H groups in total. The van der Waals surface area contributed by atoms with Crippen molar-refractivity contribution in [3.63, 3.8) is 0 Å². The number of para-hydroxylation sites is 1. The van der Waals surface area contributed by atoms with Crippen LogP contribution in [0.15, 0.2) is 78.9 Å². The smallest absolute Gasteiger partial charge is 0.258 e. The minimum atomic E-state index is -0.225. The summed E-state index contributed by atoms with van der Waals surface area (Å²) in [5.74, 6) is -0.524. The van der Waals surface area contributed by atoms with E-state index in [9.17, 15) is 14.4 Å². The Labute approximate surface area is 181 Å². The van der Waals surface area contributed by atoms with Crippen LogP contribution in [-0.4, -0.2) is 38.4 Å². The monoisotopic (exact) mass is 416 g/mol. The third-order valence-corrected chi connectivity index (χ3v) is 4.69. The minimum Gasteiger partial charge on any atom is -0.376 e. The lowest BCUT2D eigenvalue weighted by Gasteiger charge is -2.17. The van der Waals surface area contributed by atoms with Crippen molar-refractivity contribution in [2.24, 2.45) is 0 Å². The summed E-state index contributed by atoms with van der Waals surface area (Å²) < 4.78 is 0. The first kappa shape index (κ1) is 21.6. The van der Waals surface area contributed by atoms with Gasteiger partial charge in [0.05, 0.1) is 6.54 Å². The molecule has 0 atom stereocenters. The highest BCUT2D eigenvalue weighted by atomic mass is 16.2. The number of hydrogen-bond donors (Lipinski definition) is 3. The Morgan fingerprint density at radius 1 is 0.774 bits per heavy atom. The van der Waals surface area contributed by atoms with Gasteiger partial charge in [-0.05, 0) is 60.7 Å². The van der Waals surface area contributed by atoms with E-state index < -0.39 is 0 Å². The molecule has 0 spiro atoms. The molecule has 0 bridgehead atoms. The van der Waals surface area contributed by atoms with Gasteiger partial charge in [0.2, 0.25) is 5.91 Å². The quantitative estimate of drug-likeness (QED) is 0.551. The van der Waals surface area contributed by atoms with Gasteiger partial charge in [-0.3, -0.25) is 14.4 Å². The molecule has 0 aliphatic carbocycles. The van der Waals surface area contributed by atoms with Crippen LogP contribution in [0.1, 0.15) is 20.7 Å². The maximum atomic E-state index is 12.6. The van der Waals surface area contributed by atoms with E-state index in [4.69, 9.17) is 0 Å². The molecular weight excluding hydrogens is 392 g/mol. The summed E-state index contributed by atoms with van der Waals surface area (Å²) in [5.41, 5.74) is 3.21. The standard InChI is InChI=1S/C24H24N4O3/c1-25-23(30)17-8-14-20(15-9-17)27-22(29)16-26-19-12-10-18(11-13-19)24(31)28(2)21-6-4-3-5-7-21/h3-15,26H,16H2,1-2H3,(H,25,30)(H,27,29). The first-order valence-corrected chi connectivity index (χ1v) is 9.77. The molecule has 0 saturated carbocycles. The van der Waals surface area contributed by atoms with Crippen LogP contribution >= 0.6 is 0 Å². The topological polar surface area (TPSA) is 90.5 Å². The lowest BCUT2D eigenvalue weighted by Crippen LogP contribution is -2.26. The molecule has 7 heteroatoms. The molecule has 0 aliphatic rings. The van der Waals surface area contributed by atoms with E-state index in [2.05, 4.69) is 16.0 Å². The third-order valence-electron chi connectivity index (χ3n) is 4.69. The molecule has 31 heavy (non-hydrogen) atoms. The van der Waals surface area contributed by atoms with Crippen LogP contribution in [0.2, 0.25) is 0 Å². The van der Waals surface area contributed by atoms with Gasteiger partial charge in [0.25, 0.3) is 11.8 Å². The Morgan fingerprint density at radius 2 is 1.35 bits per heavy atom. The summed E-state index contributed by atoms with van der Waals surface area (Å²) in [5, 5.41) is 8.34. The van der Waals surface area contributed by atoms with Gasteiger partial charge in [-0.2, -0.15) is 0 Å². The molecule has 3 aromatic rings. The second-order valence-corrected chi connectivity index (χ2v) is 6.84. The van der Waals surface area contributed by atoms with E-state index >= 15 is 0 Å². The minimum absolute atomic E-state index is 0.0639. The van der Waals surface area contributed by atoms with Crippen molar-refractivity contribution in [3.8, 4) is 0 Å². The Morgan fingerprint density at radius 3 is 1.97 bits per heavy atom. The number of hydrogen-bond acceptors (Lipinski definition) is 4. The van der Waals surface area contributed by atoms with Crippen LogP contribution in [0.25, 0.3) is 0 Å². The summed E-state index contributed by atoms with van der Waals surface area (Å²) in [6, 6.07) is 23.0. The zero-order valence-electron chi connectivity index (χ0n) is 17.4. The van der Waals surface area contributed by atoms with Crippen LogP contribution in [0, 0.1) is 0 Å². The Hall–Kier alpha value is -4.13. The van der Waals surface area contributed by atoms with Gasteiger partial charge in [0.1, 0.15) is 0 Å². The molecule has 0 saturated heterocycles. The summed E-state index contributed by atoms with van der Waals surface area (Å²) in [6.07, 6.45) is 0. The number of rotatable bonds is 7. The lowest BCUT2D eigenvalue weighted by molar-refractivity contribution is -0.114. The van der Waals surface area contributed by atoms with Gasteiger partial charge < -0.3 is 20.9 Å². The van der Waals surface area contributed by atoms with Crippen molar-refractivity contribution < 1.29 is 14.4 Å². The fraction of sp³-hybridized carbons (Fsp3) is 0.125. The van der Waals surface area contributed by atoms with Gasteiger partial charge in [0.15, 0.2) is 0 Å². The highest BCUT2D eigenvalue weighted by molar-refractivity contribution is 6.06. The zero-order chi connectivity index (χ0) is 22.2. The summed E-state index contributed by atoms with van der Waals surface area (Å²) in [7, 11) is 3.29. The van der Waals surface area contributed by atoms with Gasteiger partial charge in [-0.25, -0.2) is 0 Å². The van der Waals surface area contributed by atoms with Gasteiger partial charge in [-0.1, -0.05) is 18.2 Å². The molecule has 0 aromatic heterocycles. The lowest BCUT2D eigenvalue weighted by atomic mass is 10.1. The number of benzene rings is 3. The predicted octanol–water partition coefficient (Wildman–Crippen LogP) is 3.37. The number of carbonyl (C=O) groups excluding carboxylic acids is 3. The Balaban J connectivity index is 1.52. The average molecular weight is 416 g/mol. The summed E-state index contributed by atoms with van der Waals surface area (Å²) >= 11 is 0. The number of anilines is 3. The maximum Gasteiger partial charge on any atom is 0.258 e. The summed E-state index contributed by atoms with van der Waals surface area (Å²) in [6.45, 7) is 0.0639. The average Bonchev–Trinajstić information content (AvgIpc) is 2.82. The Kier molecular flexibility index (Phi) is 7.01. The number of nitrogens with zero attached hydrogens (tertiary/aromatic N) is 1. The highest BCUT2D eigenvalue weighted by Gasteiger charge is 2.13. The molecule has 3 aromatic carbocycles. The summed E-state index contributed by atoms with van der Waals surface area (Å²) in [4.78, 5) is 37.9. The molecule has 3 amide bonds. The van der Waals surface area contributed by atoms with Crippen LogP contribution < -0.4 is 20.9 Å². The molecule has 0 radical (unpaired) electrons. The van der Waals surface area contributed by atoms with E-state index in [1.165, 1.54) is 0 Å². The maximum absolute atomic E-state index is 12.6. The molecule has 7 nitrogen and oxygen atoms in total. The van der Waals surface area contributed by atoms with E-state index in [0.29, 0.717) is 16.8 Å². The van der Waals surface area contributed by atoms with Crippen LogP contribution in [0.3, 0.4) is 0 Å². The molecule has 0 fully saturated rings. The van der Waals surface area contributed by atoms with E-state index in [1.807, 2.05) is 30.3 Å². The Bertz CT molecular complexity index is 1050. The fourth-order valence-electron chi connectivity index (χ4n) is 2.93. The molecule has 158 valence electrons. The highest BCUT2D eigenvalue weighted by Crippen LogP contribution is 2.17. The molecule has 3 rings (SSSR count). The largest absolute Gasteiger partial charge is 0.376 e. The number of carbonyl (C=O) groups is 3. The van der Waals surface area contributed by atoms with E-state index in [-0.39, 0.29) is 24.3 Å². The van der Waals surface area contributed by atoms with Crippen molar-refractivity contribution in [2.45, 2.75) is 0 Å². The van der Waals surface area contributed by atoms with E-state index in [0.717, 1.165) is 11.4 Å². The molecule has 0 unspecified atom stereocenters. The van der Waals surface area contributed by atoms with Crippen molar-refractivity contribution in [2.75, 3.05) is 36.2 Å². The number of amides is 3. The van der Waals surface area contributed by atoms with Crippen molar-refractivity contribution in [3.05, 3.63) is 90.0 Å². The molecule has 0 heterocycles. The molecule has 0 aliphatic heterocycles. The van der Waals surface area contributed by atoms with Gasteiger partial charge >= 0.3 is 0 Å². The second-order valence-electron chi connectivity index (χ2n) is 6.84. The van der Waals surface area contributed by atoms with Gasteiger partial charge in [-0.15, -0.1) is 0 Å². The number of nitrogens with one attached hydrogen (secondary N) is 3. The normalized spacial score (nSPS) is 10.1. The van der Waals surface area contributed by atoms with Crippen molar-refractivity contribution in [1.82, 2.24) is 5.32 Å². The van der Waals surface area contributed by atoms with E-state index in [1.54, 1.807) is 67.5 Å². The first-order chi connectivity index (χ1) is 15.0. The second kappa shape index (κ2) is 10.1. The third kappa shape index (κ3) is 5.70. The van der Waals surface area contributed by atoms with Gasteiger partial charge in [0, 0.05) is 42.3 Å². The SMILES string of the molecule is CNC(=O)c1ccc(NC(=O)CNc2ccc(C(=O)N(C)c3ccccc3)cc2)cc1. The molecular formula is C24H24N4O3. The van der Waals surface area contributed by atoms with Crippen LogP contribution in [-0.2, 0) is 4.79 Å². The zero-order valence-corrected chi connectivity index (χ0v) is 17.4. The predicted molar refractivity (Wildman–Crippen MR) is 123 cm³/mol. The van der Waals surface area contributed by atoms with Crippen molar-refractivity contribution >= 4 is 34.8 Å². The van der Waals surface area contributed by atoms with Crippen LogP contribution in [0.4, 0.5) is 17.1 Å².